The molecule has 1 aromatic carbocycles. The molecule has 2 aromatic heterocycles. The second-order valence-electron chi connectivity index (χ2n) is 5.19. The molecule has 0 aliphatic heterocycles. The summed E-state index contributed by atoms with van der Waals surface area (Å²) in [6, 6.07) is 12.9. The number of carbonyl (C=O) groups excluding carboxylic acids is 1. The fraction of sp³-hybridized carbons (Fsp3) is 0.111. The summed E-state index contributed by atoms with van der Waals surface area (Å²) < 4.78 is 7.09. The van der Waals surface area contributed by atoms with E-state index in [-0.39, 0.29) is 5.91 Å². The predicted octanol–water partition coefficient (Wildman–Crippen LogP) is 3.66. The number of amides is 1. The van der Waals surface area contributed by atoms with Crippen LogP contribution in [0, 0.1) is 0 Å². The van der Waals surface area contributed by atoms with Crippen LogP contribution in [0.2, 0.25) is 5.02 Å². The molecule has 3 rings (SSSR count). The number of benzene rings is 1. The summed E-state index contributed by atoms with van der Waals surface area (Å²) in [5.41, 5.74) is 2.41. The van der Waals surface area contributed by atoms with Crippen LogP contribution in [0.3, 0.4) is 0 Å². The highest BCUT2D eigenvalue weighted by molar-refractivity contribution is 6.32. The summed E-state index contributed by atoms with van der Waals surface area (Å²) in [6.45, 7) is 0.334. The van der Waals surface area contributed by atoms with Crippen molar-refractivity contribution in [2.45, 2.75) is 6.54 Å². The Labute approximate surface area is 144 Å². The van der Waals surface area contributed by atoms with Crippen molar-refractivity contribution in [1.29, 1.82) is 0 Å². The fourth-order valence-electron chi connectivity index (χ4n) is 2.28. The number of nitrogens with one attached hydrogen (secondary N) is 1. The van der Waals surface area contributed by atoms with Gasteiger partial charge in [-0.05, 0) is 35.9 Å². The van der Waals surface area contributed by atoms with E-state index in [1.54, 1.807) is 23.1 Å². The third kappa shape index (κ3) is 3.75. The Morgan fingerprint density at radius 3 is 2.92 bits per heavy atom. The van der Waals surface area contributed by atoms with Gasteiger partial charge >= 0.3 is 0 Å². The second kappa shape index (κ2) is 7.19. The molecule has 0 radical (unpaired) electrons. The molecule has 0 atom stereocenters. The number of hydrogen-bond donors (Lipinski definition) is 1. The van der Waals surface area contributed by atoms with Gasteiger partial charge in [-0.2, -0.15) is 5.10 Å². The summed E-state index contributed by atoms with van der Waals surface area (Å²) in [7, 11) is 1.83. The van der Waals surface area contributed by atoms with Gasteiger partial charge in [0.2, 0.25) is 5.91 Å². The maximum absolute atomic E-state index is 11.9. The number of carbonyl (C=O) groups is 1. The van der Waals surface area contributed by atoms with Gasteiger partial charge < -0.3 is 9.73 Å². The van der Waals surface area contributed by atoms with Crippen LogP contribution in [0.4, 0.5) is 0 Å². The first-order chi connectivity index (χ1) is 11.6. The Balaban J connectivity index is 1.61. The van der Waals surface area contributed by atoms with E-state index in [4.69, 9.17) is 16.0 Å². The third-order valence-electron chi connectivity index (χ3n) is 3.47. The lowest BCUT2D eigenvalue weighted by Crippen LogP contribution is -2.20. The van der Waals surface area contributed by atoms with E-state index in [0.717, 1.165) is 22.7 Å². The fourth-order valence-corrected chi connectivity index (χ4v) is 2.48. The molecule has 0 bridgehead atoms. The third-order valence-corrected chi connectivity index (χ3v) is 3.81. The van der Waals surface area contributed by atoms with Crippen LogP contribution >= 0.6 is 11.6 Å². The zero-order chi connectivity index (χ0) is 16.9. The highest BCUT2D eigenvalue weighted by Crippen LogP contribution is 2.20. The normalized spacial score (nSPS) is 11.1. The number of aryl methyl sites for hydroxylation is 1. The van der Waals surface area contributed by atoms with E-state index in [1.807, 2.05) is 43.4 Å². The van der Waals surface area contributed by atoms with Crippen molar-refractivity contribution >= 4 is 23.6 Å². The van der Waals surface area contributed by atoms with Crippen molar-refractivity contribution < 1.29 is 9.21 Å². The molecule has 6 heteroatoms. The number of aromatic nitrogens is 2. The molecular formula is C18H16ClN3O2. The summed E-state index contributed by atoms with van der Waals surface area (Å²) in [4.78, 5) is 11.9. The molecule has 0 saturated heterocycles. The standard InChI is InChI=1S/C18H16ClN3O2/c1-22-16(17-7-4-10-24-17)11-14(21-22)12-20-18(23)9-8-13-5-2-3-6-15(13)19/h2-11H,12H2,1H3,(H,20,23). The van der Waals surface area contributed by atoms with Crippen molar-refractivity contribution in [1.82, 2.24) is 15.1 Å². The molecule has 0 aliphatic carbocycles. The molecule has 122 valence electrons. The lowest BCUT2D eigenvalue weighted by atomic mass is 10.2. The Hall–Kier alpha value is -2.79. The Bertz CT molecular complexity index is 866. The first-order valence-electron chi connectivity index (χ1n) is 7.41. The highest BCUT2D eigenvalue weighted by Gasteiger charge is 2.10. The van der Waals surface area contributed by atoms with Crippen LogP contribution in [0.1, 0.15) is 11.3 Å². The van der Waals surface area contributed by atoms with Gasteiger partial charge in [-0.3, -0.25) is 9.48 Å². The van der Waals surface area contributed by atoms with E-state index in [0.29, 0.717) is 11.6 Å². The molecule has 0 unspecified atom stereocenters. The minimum atomic E-state index is -0.208. The molecule has 0 fully saturated rings. The lowest BCUT2D eigenvalue weighted by molar-refractivity contribution is -0.116. The minimum Gasteiger partial charge on any atom is -0.463 e. The zero-order valence-electron chi connectivity index (χ0n) is 13.1. The molecule has 24 heavy (non-hydrogen) atoms. The average Bonchev–Trinajstić information content (AvgIpc) is 3.21. The number of hydrogen-bond acceptors (Lipinski definition) is 3. The van der Waals surface area contributed by atoms with E-state index < -0.39 is 0 Å². The van der Waals surface area contributed by atoms with Crippen molar-refractivity contribution in [3.05, 3.63) is 71.1 Å². The van der Waals surface area contributed by atoms with Gasteiger partial charge in [0.15, 0.2) is 5.76 Å². The number of nitrogens with zero attached hydrogens (tertiary/aromatic N) is 2. The van der Waals surface area contributed by atoms with Crippen LogP contribution in [-0.4, -0.2) is 15.7 Å². The van der Waals surface area contributed by atoms with Gasteiger partial charge in [0.05, 0.1) is 18.5 Å². The van der Waals surface area contributed by atoms with Crippen LogP contribution in [0.5, 0.6) is 0 Å². The van der Waals surface area contributed by atoms with E-state index in [9.17, 15) is 4.79 Å². The van der Waals surface area contributed by atoms with Crippen molar-refractivity contribution in [2.75, 3.05) is 0 Å². The first kappa shape index (κ1) is 16.1. The zero-order valence-corrected chi connectivity index (χ0v) is 13.8. The monoisotopic (exact) mass is 341 g/mol. The van der Waals surface area contributed by atoms with Crippen LogP contribution in [0.25, 0.3) is 17.5 Å². The largest absolute Gasteiger partial charge is 0.463 e. The van der Waals surface area contributed by atoms with Crippen LogP contribution in [-0.2, 0) is 18.4 Å². The molecular weight excluding hydrogens is 326 g/mol. The molecule has 5 nitrogen and oxygen atoms in total. The smallest absolute Gasteiger partial charge is 0.244 e. The van der Waals surface area contributed by atoms with Gasteiger partial charge in [0.1, 0.15) is 5.69 Å². The van der Waals surface area contributed by atoms with Gasteiger partial charge in [0, 0.05) is 18.1 Å². The van der Waals surface area contributed by atoms with Crippen LogP contribution < -0.4 is 5.32 Å². The summed E-state index contributed by atoms with van der Waals surface area (Å²) >= 11 is 6.05. The first-order valence-corrected chi connectivity index (χ1v) is 7.78. The van der Waals surface area contributed by atoms with Crippen molar-refractivity contribution in [2.24, 2.45) is 7.05 Å². The maximum Gasteiger partial charge on any atom is 0.244 e. The number of furan rings is 1. The molecule has 3 aromatic rings. The highest BCUT2D eigenvalue weighted by atomic mass is 35.5. The molecule has 1 amide bonds. The van der Waals surface area contributed by atoms with E-state index in [1.165, 1.54) is 6.08 Å². The molecule has 1 N–H and O–H groups in total. The van der Waals surface area contributed by atoms with E-state index >= 15 is 0 Å². The molecule has 0 spiro atoms. The summed E-state index contributed by atoms with van der Waals surface area (Å²) in [5, 5.41) is 7.77. The van der Waals surface area contributed by atoms with E-state index in [2.05, 4.69) is 10.4 Å². The SMILES string of the molecule is Cn1nc(CNC(=O)C=Cc2ccccc2Cl)cc1-c1ccco1. The molecule has 0 saturated carbocycles. The lowest BCUT2D eigenvalue weighted by Gasteiger charge is -1.99. The average molecular weight is 342 g/mol. The minimum absolute atomic E-state index is 0.208. The van der Waals surface area contributed by atoms with Gasteiger partial charge in [-0.15, -0.1) is 0 Å². The topological polar surface area (TPSA) is 60.1 Å². The Kier molecular flexibility index (Phi) is 4.82. The second-order valence-corrected chi connectivity index (χ2v) is 5.60. The molecule has 0 aliphatic rings. The Morgan fingerprint density at radius 1 is 1.33 bits per heavy atom. The number of halogens is 1. The summed E-state index contributed by atoms with van der Waals surface area (Å²) in [5.74, 6) is 0.529. The maximum atomic E-state index is 11.9. The molecule has 2 heterocycles. The predicted molar refractivity (Wildman–Crippen MR) is 93.2 cm³/mol. The van der Waals surface area contributed by atoms with Crippen molar-refractivity contribution in [3.8, 4) is 11.5 Å². The Morgan fingerprint density at radius 2 is 2.17 bits per heavy atom. The van der Waals surface area contributed by atoms with Gasteiger partial charge in [0.25, 0.3) is 0 Å². The quantitative estimate of drug-likeness (QED) is 0.720. The number of rotatable bonds is 5. The van der Waals surface area contributed by atoms with Gasteiger partial charge in [-0.25, -0.2) is 0 Å². The van der Waals surface area contributed by atoms with Crippen molar-refractivity contribution in [3.63, 3.8) is 0 Å². The van der Waals surface area contributed by atoms with Crippen LogP contribution in [0.15, 0.2) is 59.2 Å². The van der Waals surface area contributed by atoms with Gasteiger partial charge in [-0.1, -0.05) is 29.8 Å². The summed E-state index contributed by atoms with van der Waals surface area (Å²) in [6.07, 6.45) is 4.76.